The molecule has 0 unspecified atom stereocenters. The lowest BCUT2D eigenvalue weighted by atomic mass is 10.1. The highest BCUT2D eigenvalue weighted by Crippen LogP contribution is 2.25. The first-order valence-corrected chi connectivity index (χ1v) is 5.20. The molecule has 0 saturated heterocycles. The van der Waals surface area contributed by atoms with Crippen LogP contribution in [0.4, 0.5) is 8.78 Å². The zero-order valence-corrected chi connectivity index (χ0v) is 9.17. The number of rotatable bonds is 3. The number of carbonyl (C=O) groups excluding carboxylic acids is 1. The maximum Gasteiger partial charge on any atom is 0.197 e. The molecule has 0 spiro atoms. The first-order chi connectivity index (χ1) is 8.11. The van der Waals surface area contributed by atoms with Gasteiger partial charge in [0, 0.05) is 12.5 Å². The lowest BCUT2D eigenvalue weighted by Gasteiger charge is -1.99. The van der Waals surface area contributed by atoms with Crippen LogP contribution in [0.2, 0.25) is 0 Å². The van der Waals surface area contributed by atoms with Gasteiger partial charge in [0.2, 0.25) is 0 Å². The van der Waals surface area contributed by atoms with Gasteiger partial charge in [0.1, 0.15) is 17.4 Å². The van der Waals surface area contributed by atoms with Crippen LogP contribution in [0, 0.1) is 11.6 Å². The number of benzene rings is 1. The van der Waals surface area contributed by atoms with Crippen LogP contribution in [0.25, 0.3) is 11.3 Å². The predicted molar refractivity (Wildman–Crippen MR) is 58.7 cm³/mol. The van der Waals surface area contributed by atoms with Crippen LogP contribution < -0.4 is 0 Å². The molecule has 2 rings (SSSR count). The minimum Gasteiger partial charge on any atom is -0.453 e. The van der Waals surface area contributed by atoms with E-state index in [0.717, 1.165) is 12.1 Å². The fraction of sp³-hybridized carbons (Fsp3) is 0.154. The summed E-state index contributed by atoms with van der Waals surface area (Å²) in [5.74, 6) is -1.11. The lowest BCUT2D eigenvalue weighted by Crippen LogP contribution is -1.92. The molecule has 0 radical (unpaired) electrons. The van der Waals surface area contributed by atoms with Crippen molar-refractivity contribution in [2.75, 3.05) is 0 Å². The number of halogens is 2. The van der Waals surface area contributed by atoms with E-state index in [2.05, 4.69) is 0 Å². The van der Waals surface area contributed by atoms with Crippen LogP contribution in [0.5, 0.6) is 0 Å². The largest absolute Gasteiger partial charge is 0.453 e. The Morgan fingerprint density at radius 2 is 2.00 bits per heavy atom. The molecule has 0 aliphatic heterocycles. The molecule has 88 valence electrons. The van der Waals surface area contributed by atoms with Crippen molar-refractivity contribution in [3.8, 4) is 11.3 Å². The number of hydrogen-bond donors (Lipinski definition) is 0. The molecule has 0 aliphatic carbocycles. The SMILES string of the molecule is CCC(=O)c1ccc(-c2ccc(F)cc2F)o1. The molecule has 0 saturated carbocycles. The summed E-state index contributed by atoms with van der Waals surface area (Å²) >= 11 is 0. The van der Waals surface area contributed by atoms with E-state index < -0.39 is 11.6 Å². The number of furan rings is 1. The summed E-state index contributed by atoms with van der Waals surface area (Å²) in [5.41, 5.74) is 0.140. The molecule has 1 aromatic carbocycles. The molecule has 0 amide bonds. The summed E-state index contributed by atoms with van der Waals surface area (Å²) < 4.78 is 31.4. The smallest absolute Gasteiger partial charge is 0.197 e. The van der Waals surface area contributed by atoms with Gasteiger partial charge in [-0.2, -0.15) is 0 Å². The zero-order chi connectivity index (χ0) is 12.4. The van der Waals surface area contributed by atoms with Crippen LogP contribution in [0.1, 0.15) is 23.9 Å². The quantitative estimate of drug-likeness (QED) is 0.758. The van der Waals surface area contributed by atoms with Gasteiger partial charge in [0.25, 0.3) is 0 Å². The van der Waals surface area contributed by atoms with Gasteiger partial charge >= 0.3 is 0 Å². The first-order valence-electron chi connectivity index (χ1n) is 5.20. The minimum atomic E-state index is -0.713. The fourth-order valence-corrected chi connectivity index (χ4v) is 1.50. The van der Waals surface area contributed by atoms with Crippen LogP contribution in [-0.4, -0.2) is 5.78 Å². The van der Waals surface area contributed by atoms with Crippen LogP contribution >= 0.6 is 0 Å². The van der Waals surface area contributed by atoms with Crippen molar-refractivity contribution >= 4 is 5.78 Å². The van der Waals surface area contributed by atoms with E-state index in [4.69, 9.17) is 4.42 Å². The number of carbonyl (C=O) groups is 1. The van der Waals surface area contributed by atoms with E-state index in [9.17, 15) is 13.6 Å². The summed E-state index contributed by atoms with van der Waals surface area (Å²) in [4.78, 5) is 11.3. The zero-order valence-electron chi connectivity index (χ0n) is 9.17. The van der Waals surface area contributed by atoms with Crippen molar-refractivity contribution < 1.29 is 18.0 Å². The maximum atomic E-state index is 13.4. The molecule has 1 aromatic heterocycles. The normalized spacial score (nSPS) is 10.5. The summed E-state index contributed by atoms with van der Waals surface area (Å²) in [7, 11) is 0. The van der Waals surface area contributed by atoms with E-state index >= 15 is 0 Å². The third-order valence-corrected chi connectivity index (χ3v) is 2.40. The average Bonchev–Trinajstić information content (AvgIpc) is 2.77. The molecule has 0 N–H and O–H groups in total. The van der Waals surface area contributed by atoms with Gasteiger partial charge in [-0.1, -0.05) is 6.92 Å². The van der Waals surface area contributed by atoms with Crippen molar-refractivity contribution in [3.63, 3.8) is 0 Å². The van der Waals surface area contributed by atoms with Crippen molar-refractivity contribution in [2.45, 2.75) is 13.3 Å². The summed E-state index contributed by atoms with van der Waals surface area (Å²) in [6.45, 7) is 1.71. The van der Waals surface area contributed by atoms with Gasteiger partial charge in [-0.3, -0.25) is 4.79 Å². The molecule has 4 heteroatoms. The summed E-state index contributed by atoms with van der Waals surface area (Å²) in [6, 6.07) is 6.19. The molecule has 2 aromatic rings. The third-order valence-electron chi connectivity index (χ3n) is 2.40. The van der Waals surface area contributed by atoms with Crippen LogP contribution in [0.3, 0.4) is 0 Å². The third kappa shape index (κ3) is 2.25. The Labute approximate surface area is 96.9 Å². The molecule has 2 nitrogen and oxygen atoms in total. The van der Waals surface area contributed by atoms with E-state index in [1.54, 1.807) is 6.92 Å². The van der Waals surface area contributed by atoms with Gasteiger partial charge in [0.05, 0.1) is 5.56 Å². The second kappa shape index (κ2) is 4.49. The molecule has 0 aliphatic rings. The molecular weight excluding hydrogens is 226 g/mol. The van der Waals surface area contributed by atoms with Gasteiger partial charge in [0.15, 0.2) is 11.5 Å². The molecule has 0 fully saturated rings. The fourth-order valence-electron chi connectivity index (χ4n) is 1.50. The van der Waals surface area contributed by atoms with Crippen molar-refractivity contribution in [2.24, 2.45) is 0 Å². The molecule has 1 heterocycles. The number of hydrogen-bond acceptors (Lipinski definition) is 2. The highest BCUT2D eigenvalue weighted by atomic mass is 19.1. The number of ketones is 1. The monoisotopic (exact) mass is 236 g/mol. The minimum absolute atomic E-state index is 0.140. The van der Waals surface area contributed by atoms with Gasteiger partial charge in [-0.05, 0) is 24.3 Å². The van der Waals surface area contributed by atoms with E-state index in [-0.39, 0.29) is 22.9 Å². The summed E-state index contributed by atoms with van der Waals surface area (Å²) in [5, 5.41) is 0. The van der Waals surface area contributed by atoms with E-state index in [1.165, 1.54) is 18.2 Å². The lowest BCUT2D eigenvalue weighted by molar-refractivity contribution is 0.0962. The van der Waals surface area contributed by atoms with Crippen LogP contribution in [-0.2, 0) is 0 Å². The average molecular weight is 236 g/mol. The molecule has 17 heavy (non-hydrogen) atoms. The Morgan fingerprint density at radius 3 is 2.65 bits per heavy atom. The Kier molecular flexibility index (Phi) is 3.04. The van der Waals surface area contributed by atoms with Gasteiger partial charge in [-0.25, -0.2) is 8.78 Å². The second-order valence-corrected chi connectivity index (χ2v) is 3.56. The first kappa shape index (κ1) is 11.5. The summed E-state index contributed by atoms with van der Waals surface area (Å²) in [6.07, 6.45) is 0.318. The Morgan fingerprint density at radius 1 is 1.24 bits per heavy atom. The van der Waals surface area contributed by atoms with E-state index in [1.807, 2.05) is 0 Å². The van der Waals surface area contributed by atoms with E-state index in [0.29, 0.717) is 6.42 Å². The predicted octanol–water partition coefficient (Wildman–Crippen LogP) is 3.82. The second-order valence-electron chi connectivity index (χ2n) is 3.56. The van der Waals surface area contributed by atoms with Crippen molar-refractivity contribution in [1.29, 1.82) is 0 Å². The van der Waals surface area contributed by atoms with Crippen LogP contribution in [0.15, 0.2) is 34.7 Å². The Balaban J connectivity index is 2.40. The Hall–Kier alpha value is -1.97. The molecule has 0 atom stereocenters. The van der Waals surface area contributed by atoms with Crippen molar-refractivity contribution in [3.05, 3.63) is 47.7 Å². The Bertz CT molecular complexity index is 558. The highest BCUT2D eigenvalue weighted by molar-refractivity contribution is 5.93. The maximum absolute atomic E-state index is 13.4. The van der Waals surface area contributed by atoms with Gasteiger partial charge < -0.3 is 4.42 Å². The topological polar surface area (TPSA) is 30.2 Å². The molecular formula is C13H10F2O2. The van der Waals surface area contributed by atoms with Crippen molar-refractivity contribution in [1.82, 2.24) is 0 Å². The molecule has 0 bridgehead atoms. The standard InChI is InChI=1S/C13H10F2O2/c1-2-11(16)13-6-5-12(17-13)9-4-3-8(14)7-10(9)15/h3-7H,2H2,1H3. The number of Topliss-reactive ketones (excluding diaryl/α,β-unsaturated/α-hetero) is 1. The highest BCUT2D eigenvalue weighted by Gasteiger charge is 2.13. The van der Waals surface area contributed by atoms with Gasteiger partial charge in [-0.15, -0.1) is 0 Å².